The van der Waals surface area contributed by atoms with E-state index in [4.69, 9.17) is 0 Å². The van der Waals surface area contributed by atoms with Crippen molar-refractivity contribution in [1.82, 2.24) is 14.5 Å². The Morgan fingerprint density at radius 3 is 2.48 bits per heavy atom. The Hall–Kier alpha value is -2.84. The molecule has 6 nitrogen and oxygen atoms in total. The average Bonchev–Trinajstić information content (AvgIpc) is 3.09. The van der Waals surface area contributed by atoms with Crippen LogP contribution in [-0.4, -0.2) is 30.5 Å². The highest BCUT2D eigenvalue weighted by Gasteiger charge is 2.20. The molecule has 0 saturated heterocycles. The molecule has 8 heteroatoms. The van der Waals surface area contributed by atoms with E-state index >= 15 is 0 Å². The lowest BCUT2D eigenvalue weighted by molar-refractivity contribution is 0.0993. The number of carbonyl (C=O) groups is 1. The van der Waals surface area contributed by atoms with Crippen LogP contribution in [0.25, 0.3) is 5.69 Å². The first-order valence-corrected chi connectivity index (χ1v) is 9.67. The fourth-order valence-electron chi connectivity index (χ4n) is 2.58. The van der Waals surface area contributed by atoms with E-state index in [1.807, 2.05) is 6.92 Å². The van der Waals surface area contributed by atoms with E-state index in [0.717, 1.165) is 5.69 Å². The molecule has 0 fully saturated rings. The van der Waals surface area contributed by atoms with Crippen LogP contribution in [0.2, 0.25) is 0 Å². The van der Waals surface area contributed by atoms with Gasteiger partial charge in [0.05, 0.1) is 28.4 Å². The Morgan fingerprint density at radius 1 is 1.15 bits per heavy atom. The molecule has 27 heavy (non-hydrogen) atoms. The van der Waals surface area contributed by atoms with Gasteiger partial charge in [-0.3, -0.25) is 4.79 Å². The molecule has 0 radical (unpaired) electrons. The van der Waals surface area contributed by atoms with Gasteiger partial charge in [-0.2, -0.15) is 5.10 Å². The maximum Gasteiger partial charge on any atom is 0.240 e. The number of Topliss-reactive ketones (excluding diaryl/α,β-unsaturated/α-hetero) is 1. The molecule has 1 heterocycles. The number of halogens is 1. The van der Waals surface area contributed by atoms with Crippen LogP contribution in [0.5, 0.6) is 0 Å². The van der Waals surface area contributed by atoms with Crippen LogP contribution in [0.1, 0.15) is 21.6 Å². The topological polar surface area (TPSA) is 81.1 Å². The van der Waals surface area contributed by atoms with Gasteiger partial charge < -0.3 is 0 Å². The minimum atomic E-state index is -3.86. The van der Waals surface area contributed by atoms with E-state index in [2.05, 4.69) is 9.82 Å². The summed E-state index contributed by atoms with van der Waals surface area (Å²) in [6, 6.07) is 12.4. The zero-order valence-electron chi connectivity index (χ0n) is 14.8. The average molecular weight is 387 g/mol. The number of nitrogens with zero attached hydrogens (tertiary/aromatic N) is 2. The van der Waals surface area contributed by atoms with Gasteiger partial charge in [-0.25, -0.2) is 22.2 Å². The third kappa shape index (κ3) is 4.12. The van der Waals surface area contributed by atoms with Crippen LogP contribution in [-0.2, 0) is 10.0 Å². The van der Waals surface area contributed by atoms with E-state index in [1.54, 1.807) is 43.5 Å². The molecule has 1 aromatic heterocycles. The monoisotopic (exact) mass is 387 g/mol. The predicted octanol–water partition coefficient (Wildman–Crippen LogP) is 2.79. The molecule has 3 rings (SSSR count). The van der Waals surface area contributed by atoms with Gasteiger partial charge in [0.1, 0.15) is 5.82 Å². The van der Waals surface area contributed by atoms with Crippen molar-refractivity contribution in [3.63, 3.8) is 0 Å². The summed E-state index contributed by atoms with van der Waals surface area (Å²) in [5.74, 6) is -1.34. The van der Waals surface area contributed by atoms with E-state index < -0.39 is 28.2 Å². The van der Waals surface area contributed by atoms with Gasteiger partial charge in [-0.1, -0.05) is 18.2 Å². The molecule has 0 aliphatic carbocycles. The highest BCUT2D eigenvalue weighted by molar-refractivity contribution is 7.89. The lowest BCUT2D eigenvalue weighted by Crippen LogP contribution is -2.30. The summed E-state index contributed by atoms with van der Waals surface area (Å²) in [4.78, 5) is 12.5. The van der Waals surface area contributed by atoms with Gasteiger partial charge in [0.15, 0.2) is 5.78 Å². The van der Waals surface area contributed by atoms with Gasteiger partial charge in [0.25, 0.3) is 0 Å². The zero-order chi connectivity index (χ0) is 19.6. The molecule has 0 saturated carbocycles. The number of rotatable bonds is 6. The Morgan fingerprint density at radius 2 is 1.85 bits per heavy atom. The van der Waals surface area contributed by atoms with Gasteiger partial charge in [-0.15, -0.1) is 0 Å². The van der Waals surface area contributed by atoms with Gasteiger partial charge in [-0.05, 0) is 49.7 Å². The lowest BCUT2D eigenvalue weighted by atomic mass is 10.1. The van der Waals surface area contributed by atoms with Crippen molar-refractivity contribution in [3.8, 4) is 5.69 Å². The fraction of sp³-hybridized carbons (Fsp3) is 0.158. The van der Waals surface area contributed by atoms with Crippen molar-refractivity contribution in [2.75, 3.05) is 6.54 Å². The maximum absolute atomic E-state index is 14.5. The molecule has 0 atom stereocenters. The minimum absolute atomic E-state index is 0.0372. The number of sulfonamides is 1. The number of nitrogens with one attached hydrogen (secondary N) is 1. The van der Waals surface area contributed by atoms with Crippen LogP contribution in [0, 0.1) is 19.7 Å². The highest BCUT2D eigenvalue weighted by atomic mass is 32.2. The van der Waals surface area contributed by atoms with Crippen LogP contribution in [0.15, 0.2) is 59.6 Å². The summed E-state index contributed by atoms with van der Waals surface area (Å²) in [6.07, 6.45) is 1.70. The predicted molar refractivity (Wildman–Crippen MR) is 99.0 cm³/mol. The Labute approximate surface area is 156 Å². The van der Waals surface area contributed by atoms with Crippen molar-refractivity contribution in [2.24, 2.45) is 0 Å². The quantitative estimate of drug-likeness (QED) is 0.660. The van der Waals surface area contributed by atoms with Crippen LogP contribution < -0.4 is 4.72 Å². The molecule has 0 unspecified atom stereocenters. The second kappa shape index (κ2) is 7.42. The first kappa shape index (κ1) is 18.9. The maximum atomic E-state index is 14.5. The van der Waals surface area contributed by atoms with E-state index in [-0.39, 0.29) is 16.0 Å². The number of hydrogen-bond donors (Lipinski definition) is 1. The normalized spacial score (nSPS) is 11.5. The van der Waals surface area contributed by atoms with Crippen LogP contribution in [0.3, 0.4) is 0 Å². The summed E-state index contributed by atoms with van der Waals surface area (Å²) < 4.78 is 42.7. The number of carbonyl (C=O) groups excluding carboxylic acids is 1. The lowest BCUT2D eigenvalue weighted by Gasteiger charge is -2.10. The van der Waals surface area contributed by atoms with E-state index in [9.17, 15) is 17.6 Å². The second-order valence-corrected chi connectivity index (χ2v) is 7.85. The molecule has 0 spiro atoms. The number of benzene rings is 2. The molecular formula is C19H18FN3O3S. The largest absolute Gasteiger partial charge is 0.293 e. The first-order chi connectivity index (χ1) is 12.8. The van der Waals surface area contributed by atoms with Gasteiger partial charge in [0, 0.05) is 6.20 Å². The van der Waals surface area contributed by atoms with Crippen molar-refractivity contribution >= 4 is 15.8 Å². The van der Waals surface area contributed by atoms with Crippen molar-refractivity contribution in [3.05, 3.63) is 77.4 Å². The summed E-state index contributed by atoms with van der Waals surface area (Å²) in [7, 11) is -3.86. The van der Waals surface area contributed by atoms with Gasteiger partial charge >= 0.3 is 0 Å². The first-order valence-electron chi connectivity index (χ1n) is 8.18. The number of aromatic nitrogens is 2. The summed E-state index contributed by atoms with van der Waals surface area (Å²) in [5.41, 5.74) is 1.39. The van der Waals surface area contributed by atoms with Crippen molar-refractivity contribution < 1.29 is 17.6 Å². The number of aryl methyl sites for hydroxylation is 2. The zero-order valence-corrected chi connectivity index (χ0v) is 15.6. The molecule has 0 aliphatic heterocycles. The molecule has 2 aromatic carbocycles. The smallest absolute Gasteiger partial charge is 0.240 e. The molecular weight excluding hydrogens is 369 g/mol. The fourth-order valence-corrected chi connectivity index (χ4v) is 3.59. The Kier molecular flexibility index (Phi) is 5.20. The number of hydrogen-bond acceptors (Lipinski definition) is 4. The third-order valence-corrected chi connectivity index (χ3v) is 5.42. The van der Waals surface area contributed by atoms with E-state index in [1.165, 1.54) is 22.9 Å². The van der Waals surface area contributed by atoms with Crippen molar-refractivity contribution in [2.45, 2.75) is 18.7 Å². The Balaban J connectivity index is 1.85. The molecule has 1 N–H and O–H groups in total. The highest BCUT2D eigenvalue weighted by Crippen LogP contribution is 2.19. The van der Waals surface area contributed by atoms with Gasteiger partial charge in [0.2, 0.25) is 10.0 Å². The molecule has 0 aliphatic rings. The van der Waals surface area contributed by atoms with Crippen molar-refractivity contribution in [1.29, 1.82) is 0 Å². The Bertz CT molecular complexity index is 1090. The SMILES string of the molecule is Cc1ccn(-c2cc(C)c(F)c(C(=O)CNS(=O)(=O)c3ccccc3)c2)n1. The number of ketones is 1. The standard InChI is InChI=1S/C19H18FN3O3S/c1-13-10-15(23-9-8-14(2)22-23)11-17(19(13)20)18(24)12-21-27(25,26)16-6-4-3-5-7-16/h3-11,21H,12H2,1-2H3. The summed E-state index contributed by atoms with van der Waals surface area (Å²) in [5, 5.41) is 4.25. The molecule has 140 valence electrons. The summed E-state index contributed by atoms with van der Waals surface area (Å²) >= 11 is 0. The minimum Gasteiger partial charge on any atom is -0.293 e. The molecule has 0 amide bonds. The van der Waals surface area contributed by atoms with E-state index in [0.29, 0.717) is 5.69 Å². The third-order valence-electron chi connectivity index (χ3n) is 4.00. The molecule has 0 bridgehead atoms. The van der Waals surface area contributed by atoms with Crippen LogP contribution >= 0.6 is 0 Å². The van der Waals surface area contributed by atoms with Crippen LogP contribution in [0.4, 0.5) is 4.39 Å². The second-order valence-electron chi connectivity index (χ2n) is 6.09. The molecule has 3 aromatic rings. The summed E-state index contributed by atoms with van der Waals surface area (Å²) in [6.45, 7) is 2.81.